The summed E-state index contributed by atoms with van der Waals surface area (Å²) >= 11 is 0. The minimum absolute atomic E-state index is 0.148. The fraction of sp³-hybridized carbons (Fsp3) is 0.250. The van der Waals surface area contributed by atoms with Crippen LogP contribution < -0.4 is 19.7 Å². The average Bonchev–Trinajstić information content (AvgIpc) is 2.83. The first kappa shape index (κ1) is 21.4. The van der Waals surface area contributed by atoms with Gasteiger partial charge in [0.1, 0.15) is 17.3 Å². The SMILES string of the molecule is COc1ccccc1N1CCN(C(=O)NCc2cccnc2Oc2cccc(F)c2)CC1. The van der Waals surface area contributed by atoms with Crippen molar-refractivity contribution in [3.63, 3.8) is 0 Å². The summed E-state index contributed by atoms with van der Waals surface area (Å²) in [6.07, 6.45) is 1.59. The summed E-state index contributed by atoms with van der Waals surface area (Å²) in [5.41, 5.74) is 1.74. The standard InChI is InChI=1S/C24H25FN4O3/c1-31-22-10-3-2-9-21(22)28-12-14-29(15-13-28)24(30)27-17-18-6-5-11-26-23(18)32-20-8-4-7-19(25)16-20/h2-11,16H,12-15,17H2,1H3,(H,27,30). The van der Waals surface area contributed by atoms with Gasteiger partial charge in [-0.05, 0) is 30.3 Å². The molecule has 0 radical (unpaired) electrons. The number of pyridine rings is 1. The maximum atomic E-state index is 13.4. The third kappa shape index (κ3) is 5.08. The van der Waals surface area contributed by atoms with Gasteiger partial charge in [-0.15, -0.1) is 0 Å². The van der Waals surface area contributed by atoms with Gasteiger partial charge in [0.05, 0.1) is 12.8 Å². The number of piperazine rings is 1. The number of carbonyl (C=O) groups is 1. The number of carbonyl (C=O) groups excluding carboxylic acids is 1. The Hall–Kier alpha value is -3.81. The fourth-order valence-electron chi connectivity index (χ4n) is 3.62. The number of urea groups is 1. The zero-order valence-corrected chi connectivity index (χ0v) is 17.8. The van der Waals surface area contributed by atoms with Crippen molar-refractivity contribution in [3.8, 4) is 17.4 Å². The van der Waals surface area contributed by atoms with Gasteiger partial charge >= 0.3 is 6.03 Å². The van der Waals surface area contributed by atoms with Crippen molar-refractivity contribution in [3.05, 3.63) is 78.2 Å². The number of nitrogens with zero attached hydrogens (tertiary/aromatic N) is 3. The molecule has 2 amide bonds. The summed E-state index contributed by atoms with van der Waals surface area (Å²) in [7, 11) is 1.66. The zero-order valence-electron chi connectivity index (χ0n) is 17.8. The Kier molecular flexibility index (Phi) is 6.69. The Morgan fingerprint density at radius 2 is 1.88 bits per heavy atom. The van der Waals surface area contributed by atoms with Gasteiger partial charge in [-0.2, -0.15) is 0 Å². The summed E-state index contributed by atoms with van der Waals surface area (Å²) in [5.74, 6) is 1.12. The van der Waals surface area contributed by atoms with Gasteiger partial charge in [0.25, 0.3) is 0 Å². The molecule has 7 nitrogen and oxygen atoms in total. The molecule has 4 rings (SSSR count). The van der Waals surface area contributed by atoms with Crippen LogP contribution >= 0.6 is 0 Å². The number of para-hydroxylation sites is 2. The number of halogens is 1. The van der Waals surface area contributed by atoms with Gasteiger partial charge in [0, 0.05) is 50.6 Å². The van der Waals surface area contributed by atoms with E-state index in [9.17, 15) is 9.18 Å². The fourth-order valence-corrected chi connectivity index (χ4v) is 3.62. The molecule has 1 N–H and O–H groups in total. The molecule has 1 fully saturated rings. The first-order valence-corrected chi connectivity index (χ1v) is 10.4. The van der Waals surface area contributed by atoms with Crippen LogP contribution in [0.4, 0.5) is 14.9 Å². The molecule has 8 heteroatoms. The number of nitrogens with one attached hydrogen (secondary N) is 1. The minimum atomic E-state index is -0.388. The number of aromatic nitrogens is 1. The van der Waals surface area contributed by atoms with E-state index >= 15 is 0 Å². The normalized spacial score (nSPS) is 13.6. The van der Waals surface area contributed by atoms with Crippen molar-refractivity contribution in [1.82, 2.24) is 15.2 Å². The second-order valence-corrected chi connectivity index (χ2v) is 7.33. The molecule has 2 aromatic carbocycles. The van der Waals surface area contributed by atoms with Crippen molar-refractivity contribution in [2.45, 2.75) is 6.54 Å². The van der Waals surface area contributed by atoms with Crippen molar-refractivity contribution in [2.24, 2.45) is 0 Å². The highest BCUT2D eigenvalue weighted by Gasteiger charge is 2.23. The Bertz CT molecular complexity index is 1070. The number of hydrogen-bond acceptors (Lipinski definition) is 5. The first-order valence-electron chi connectivity index (χ1n) is 10.4. The second-order valence-electron chi connectivity index (χ2n) is 7.33. The quantitative estimate of drug-likeness (QED) is 0.632. The molecule has 1 aliphatic rings. The lowest BCUT2D eigenvalue weighted by atomic mass is 10.2. The molecule has 0 bridgehead atoms. The van der Waals surface area contributed by atoms with E-state index in [1.54, 1.807) is 36.4 Å². The molecular weight excluding hydrogens is 411 g/mol. The van der Waals surface area contributed by atoms with E-state index < -0.39 is 0 Å². The molecule has 166 valence electrons. The third-order valence-electron chi connectivity index (χ3n) is 5.28. The number of rotatable bonds is 6. The molecule has 0 spiro atoms. The topological polar surface area (TPSA) is 66.9 Å². The van der Waals surface area contributed by atoms with Gasteiger partial charge in [-0.1, -0.05) is 24.3 Å². The van der Waals surface area contributed by atoms with Crippen LogP contribution in [0.3, 0.4) is 0 Å². The Morgan fingerprint density at radius 1 is 1.06 bits per heavy atom. The van der Waals surface area contributed by atoms with E-state index in [0.717, 1.165) is 11.4 Å². The molecule has 1 aliphatic heterocycles. The molecule has 3 aromatic rings. The molecule has 0 atom stereocenters. The zero-order chi connectivity index (χ0) is 22.3. The van der Waals surface area contributed by atoms with E-state index in [0.29, 0.717) is 43.4 Å². The number of benzene rings is 2. The molecule has 0 saturated carbocycles. The van der Waals surface area contributed by atoms with Gasteiger partial charge in [0.2, 0.25) is 5.88 Å². The molecule has 1 saturated heterocycles. The number of ether oxygens (including phenoxy) is 2. The molecular formula is C24H25FN4O3. The highest BCUT2D eigenvalue weighted by atomic mass is 19.1. The highest BCUT2D eigenvalue weighted by Crippen LogP contribution is 2.28. The van der Waals surface area contributed by atoms with Crippen LogP contribution in [0.5, 0.6) is 17.4 Å². The van der Waals surface area contributed by atoms with Crippen LogP contribution in [0, 0.1) is 5.82 Å². The molecule has 0 unspecified atom stereocenters. The van der Waals surface area contributed by atoms with Crippen molar-refractivity contribution < 1.29 is 18.7 Å². The minimum Gasteiger partial charge on any atom is -0.495 e. The van der Waals surface area contributed by atoms with Crippen LogP contribution in [0.25, 0.3) is 0 Å². The Morgan fingerprint density at radius 3 is 2.66 bits per heavy atom. The summed E-state index contributed by atoms with van der Waals surface area (Å²) < 4.78 is 24.6. The first-order chi connectivity index (χ1) is 15.6. The molecule has 32 heavy (non-hydrogen) atoms. The van der Waals surface area contributed by atoms with Gasteiger partial charge < -0.3 is 24.6 Å². The van der Waals surface area contributed by atoms with Gasteiger partial charge in [0.15, 0.2) is 0 Å². The van der Waals surface area contributed by atoms with Crippen LogP contribution in [-0.2, 0) is 6.54 Å². The van der Waals surface area contributed by atoms with Crippen LogP contribution in [0.2, 0.25) is 0 Å². The number of methoxy groups -OCH3 is 1. The van der Waals surface area contributed by atoms with E-state index in [4.69, 9.17) is 9.47 Å². The van der Waals surface area contributed by atoms with E-state index in [1.165, 1.54) is 12.1 Å². The maximum absolute atomic E-state index is 13.4. The predicted molar refractivity (Wildman–Crippen MR) is 120 cm³/mol. The Balaban J connectivity index is 1.33. The van der Waals surface area contributed by atoms with E-state index in [1.807, 2.05) is 30.3 Å². The van der Waals surface area contributed by atoms with Crippen LogP contribution in [0.15, 0.2) is 66.9 Å². The van der Waals surface area contributed by atoms with E-state index in [2.05, 4.69) is 15.2 Å². The lowest BCUT2D eigenvalue weighted by Crippen LogP contribution is -2.51. The lowest BCUT2D eigenvalue weighted by molar-refractivity contribution is 0.193. The summed E-state index contributed by atoms with van der Waals surface area (Å²) in [5, 5.41) is 2.93. The number of hydrogen-bond donors (Lipinski definition) is 1. The summed E-state index contributed by atoms with van der Waals surface area (Å²) in [6.45, 7) is 2.89. The van der Waals surface area contributed by atoms with Crippen molar-refractivity contribution >= 4 is 11.7 Å². The monoisotopic (exact) mass is 436 g/mol. The predicted octanol–water partition coefficient (Wildman–Crippen LogP) is 4.05. The highest BCUT2D eigenvalue weighted by molar-refractivity contribution is 5.74. The van der Waals surface area contributed by atoms with E-state index in [-0.39, 0.29) is 18.4 Å². The van der Waals surface area contributed by atoms with Gasteiger partial charge in [-0.3, -0.25) is 0 Å². The summed E-state index contributed by atoms with van der Waals surface area (Å²) in [6, 6.07) is 17.2. The molecule has 0 aliphatic carbocycles. The second kappa shape index (κ2) is 10.00. The molecule has 1 aromatic heterocycles. The van der Waals surface area contributed by atoms with Crippen molar-refractivity contribution in [1.29, 1.82) is 0 Å². The largest absolute Gasteiger partial charge is 0.495 e. The van der Waals surface area contributed by atoms with Gasteiger partial charge in [-0.25, -0.2) is 14.2 Å². The number of anilines is 1. The lowest BCUT2D eigenvalue weighted by Gasteiger charge is -2.36. The van der Waals surface area contributed by atoms with Crippen LogP contribution in [-0.4, -0.2) is 49.2 Å². The smallest absolute Gasteiger partial charge is 0.317 e. The van der Waals surface area contributed by atoms with Crippen LogP contribution in [0.1, 0.15) is 5.56 Å². The van der Waals surface area contributed by atoms with Crippen molar-refractivity contribution in [2.75, 3.05) is 38.2 Å². The summed E-state index contributed by atoms with van der Waals surface area (Å²) in [4.78, 5) is 20.9. The third-order valence-corrected chi connectivity index (χ3v) is 5.28. The average molecular weight is 436 g/mol. The Labute approximate surface area is 186 Å². The number of amides is 2. The molecule has 2 heterocycles. The maximum Gasteiger partial charge on any atom is 0.317 e.